The van der Waals surface area contributed by atoms with Crippen LogP contribution in [0.2, 0.25) is 0 Å². The highest BCUT2D eigenvalue weighted by Crippen LogP contribution is 2.26. The number of aryl methyl sites for hydroxylation is 1. The van der Waals surface area contributed by atoms with Gasteiger partial charge >= 0.3 is 0 Å². The SMILES string of the molecule is CCOc1ccccc1NC(=O)C[n+]1cc(-c2ccc(C)cc2)n2c1CCC2.[Cl-]. The van der Waals surface area contributed by atoms with Gasteiger partial charge in [0.1, 0.15) is 11.9 Å². The summed E-state index contributed by atoms with van der Waals surface area (Å²) in [7, 11) is 0. The van der Waals surface area contributed by atoms with Crippen LogP contribution in [0.5, 0.6) is 5.75 Å². The smallest absolute Gasteiger partial charge is 0.266 e. The summed E-state index contributed by atoms with van der Waals surface area (Å²) >= 11 is 0. The Morgan fingerprint density at radius 1 is 1.17 bits per heavy atom. The standard InChI is InChI=1S/C23H25N3O2.ClH/c1-3-28-21-8-5-4-7-19(21)24-22(27)16-25-15-20(26-14-6-9-23(25)26)18-12-10-17(2)11-13-18;/h4-5,7-8,10-13,15H,3,6,9,14,16H2,1-2H3;1H. The molecule has 1 N–H and O–H groups in total. The molecule has 0 aliphatic carbocycles. The molecule has 2 heterocycles. The van der Waals surface area contributed by atoms with Crippen molar-refractivity contribution < 1.29 is 26.5 Å². The monoisotopic (exact) mass is 411 g/mol. The Hall–Kier alpha value is -2.79. The molecule has 2 aromatic carbocycles. The van der Waals surface area contributed by atoms with Crippen LogP contribution in [0.1, 0.15) is 24.7 Å². The van der Waals surface area contributed by atoms with Crippen molar-refractivity contribution in [1.82, 2.24) is 4.57 Å². The molecule has 0 atom stereocenters. The van der Waals surface area contributed by atoms with E-state index in [-0.39, 0.29) is 18.3 Å². The van der Waals surface area contributed by atoms with Crippen LogP contribution in [-0.2, 0) is 24.3 Å². The highest BCUT2D eigenvalue weighted by atomic mass is 35.5. The first-order valence-electron chi connectivity index (χ1n) is 9.86. The molecule has 0 bridgehead atoms. The zero-order valence-corrected chi connectivity index (χ0v) is 17.6. The molecular weight excluding hydrogens is 386 g/mol. The van der Waals surface area contributed by atoms with Crippen molar-refractivity contribution in [2.45, 2.75) is 39.8 Å². The van der Waals surface area contributed by atoms with Crippen molar-refractivity contribution in [2.75, 3.05) is 11.9 Å². The molecule has 5 nitrogen and oxygen atoms in total. The number of imidazole rings is 1. The first-order valence-corrected chi connectivity index (χ1v) is 9.86. The van der Waals surface area contributed by atoms with Gasteiger partial charge in [0.15, 0.2) is 12.2 Å². The number of rotatable bonds is 6. The molecule has 1 aromatic heterocycles. The second kappa shape index (κ2) is 9.14. The van der Waals surface area contributed by atoms with E-state index in [1.54, 1.807) is 0 Å². The van der Waals surface area contributed by atoms with Gasteiger partial charge in [-0.1, -0.05) is 42.0 Å². The molecule has 152 valence electrons. The molecule has 4 rings (SSSR count). The normalized spacial score (nSPS) is 12.2. The predicted molar refractivity (Wildman–Crippen MR) is 109 cm³/mol. The number of anilines is 1. The van der Waals surface area contributed by atoms with Gasteiger partial charge in [-0.05, 0) is 32.4 Å². The summed E-state index contributed by atoms with van der Waals surface area (Å²) in [6.07, 6.45) is 4.21. The van der Waals surface area contributed by atoms with Crippen molar-refractivity contribution in [3.8, 4) is 17.0 Å². The molecule has 0 spiro atoms. The van der Waals surface area contributed by atoms with E-state index in [1.165, 1.54) is 22.6 Å². The molecule has 0 fully saturated rings. The molecule has 1 aliphatic heterocycles. The highest BCUT2D eigenvalue weighted by molar-refractivity contribution is 5.91. The molecular formula is C23H26ClN3O2. The van der Waals surface area contributed by atoms with Gasteiger partial charge in [-0.15, -0.1) is 0 Å². The summed E-state index contributed by atoms with van der Waals surface area (Å²) in [5.41, 5.74) is 4.33. The number of amides is 1. The second-order valence-corrected chi connectivity index (χ2v) is 7.16. The molecule has 6 heteroatoms. The minimum Gasteiger partial charge on any atom is -1.00 e. The summed E-state index contributed by atoms with van der Waals surface area (Å²) in [6, 6.07) is 16.1. The van der Waals surface area contributed by atoms with E-state index in [4.69, 9.17) is 4.74 Å². The van der Waals surface area contributed by atoms with E-state index in [9.17, 15) is 4.79 Å². The quantitative estimate of drug-likeness (QED) is 0.608. The van der Waals surface area contributed by atoms with E-state index in [0.717, 1.165) is 19.4 Å². The molecule has 1 aliphatic rings. The Morgan fingerprint density at radius 2 is 1.93 bits per heavy atom. The summed E-state index contributed by atoms with van der Waals surface area (Å²) < 4.78 is 10.0. The lowest BCUT2D eigenvalue weighted by Gasteiger charge is -2.10. The van der Waals surface area contributed by atoms with E-state index in [2.05, 4.69) is 51.8 Å². The lowest BCUT2D eigenvalue weighted by Crippen LogP contribution is -3.00. The molecule has 1 amide bonds. The first kappa shape index (κ1) is 20.9. The van der Waals surface area contributed by atoms with Crippen molar-refractivity contribution in [3.63, 3.8) is 0 Å². The summed E-state index contributed by atoms with van der Waals surface area (Å²) in [4.78, 5) is 12.7. The van der Waals surface area contributed by atoms with Crippen LogP contribution >= 0.6 is 0 Å². The van der Waals surface area contributed by atoms with Gasteiger partial charge in [0, 0.05) is 5.56 Å². The zero-order chi connectivity index (χ0) is 19.5. The maximum absolute atomic E-state index is 12.7. The van der Waals surface area contributed by atoms with Gasteiger partial charge in [0.2, 0.25) is 0 Å². The number of hydrogen-bond acceptors (Lipinski definition) is 2. The fourth-order valence-corrected chi connectivity index (χ4v) is 3.80. The van der Waals surface area contributed by atoms with Crippen LogP contribution in [0.4, 0.5) is 5.69 Å². The summed E-state index contributed by atoms with van der Waals surface area (Å²) in [5.74, 6) is 1.86. The average Bonchev–Trinajstić information content (AvgIpc) is 3.28. The van der Waals surface area contributed by atoms with Crippen molar-refractivity contribution in [3.05, 3.63) is 66.1 Å². The number of hydrogen-bond donors (Lipinski definition) is 1. The maximum atomic E-state index is 12.7. The number of nitrogens with zero attached hydrogens (tertiary/aromatic N) is 2. The fourth-order valence-electron chi connectivity index (χ4n) is 3.80. The fraction of sp³-hybridized carbons (Fsp3) is 0.304. The largest absolute Gasteiger partial charge is 1.00 e. The van der Waals surface area contributed by atoms with Crippen LogP contribution < -0.4 is 27.0 Å². The third kappa shape index (κ3) is 4.46. The topological polar surface area (TPSA) is 47.1 Å². The van der Waals surface area contributed by atoms with E-state index < -0.39 is 0 Å². The molecule has 0 unspecified atom stereocenters. The molecule has 0 radical (unpaired) electrons. The number of carbonyl (C=O) groups is 1. The van der Waals surface area contributed by atoms with Crippen LogP contribution in [-0.4, -0.2) is 17.1 Å². The second-order valence-electron chi connectivity index (χ2n) is 7.16. The van der Waals surface area contributed by atoms with E-state index >= 15 is 0 Å². The van der Waals surface area contributed by atoms with Gasteiger partial charge in [0.05, 0.1) is 25.3 Å². The Labute approximate surface area is 177 Å². The Morgan fingerprint density at radius 3 is 2.69 bits per heavy atom. The van der Waals surface area contributed by atoms with Gasteiger partial charge in [-0.2, -0.15) is 0 Å². The molecule has 0 saturated heterocycles. The van der Waals surface area contributed by atoms with Crippen molar-refractivity contribution >= 4 is 11.6 Å². The first-order chi connectivity index (χ1) is 13.7. The van der Waals surface area contributed by atoms with Gasteiger partial charge < -0.3 is 22.5 Å². The average molecular weight is 412 g/mol. The number of ether oxygens (including phenoxy) is 1. The van der Waals surface area contributed by atoms with Gasteiger partial charge in [-0.25, -0.2) is 9.13 Å². The number of aromatic nitrogens is 2. The Balaban J connectivity index is 0.00000240. The van der Waals surface area contributed by atoms with Crippen LogP contribution in [0.25, 0.3) is 11.3 Å². The zero-order valence-electron chi connectivity index (χ0n) is 16.8. The number of benzene rings is 2. The van der Waals surface area contributed by atoms with Crippen LogP contribution in [0.3, 0.4) is 0 Å². The Bertz CT molecular complexity index is 996. The molecule has 3 aromatic rings. The van der Waals surface area contributed by atoms with E-state index in [0.29, 0.717) is 24.6 Å². The minimum absolute atomic E-state index is 0. The lowest BCUT2D eigenvalue weighted by molar-refractivity contribution is -0.690. The third-order valence-corrected chi connectivity index (χ3v) is 5.12. The Kier molecular flexibility index (Phi) is 6.60. The number of carbonyl (C=O) groups excluding carboxylic acids is 1. The minimum atomic E-state index is -0.0482. The highest BCUT2D eigenvalue weighted by Gasteiger charge is 2.29. The van der Waals surface area contributed by atoms with Crippen LogP contribution in [0.15, 0.2) is 54.7 Å². The molecule has 29 heavy (non-hydrogen) atoms. The summed E-state index contributed by atoms with van der Waals surface area (Å²) in [6.45, 7) is 5.89. The lowest BCUT2D eigenvalue weighted by atomic mass is 10.1. The number of halogens is 1. The number of para-hydroxylation sites is 2. The molecule has 0 saturated carbocycles. The third-order valence-electron chi connectivity index (χ3n) is 5.12. The van der Waals surface area contributed by atoms with Gasteiger partial charge in [0.25, 0.3) is 11.7 Å². The van der Waals surface area contributed by atoms with E-state index in [1.807, 2.05) is 31.2 Å². The van der Waals surface area contributed by atoms with Crippen molar-refractivity contribution in [1.29, 1.82) is 0 Å². The maximum Gasteiger partial charge on any atom is 0.266 e. The summed E-state index contributed by atoms with van der Waals surface area (Å²) in [5, 5.41) is 3.00. The van der Waals surface area contributed by atoms with Gasteiger partial charge in [-0.3, -0.25) is 4.79 Å². The number of nitrogens with one attached hydrogen (secondary N) is 1. The predicted octanol–water partition coefficient (Wildman–Crippen LogP) is 0.739. The number of fused-ring (bicyclic) bond motifs is 1. The van der Waals surface area contributed by atoms with Crippen LogP contribution in [0, 0.1) is 6.92 Å². The van der Waals surface area contributed by atoms with Crippen molar-refractivity contribution in [2.24, 2.45) is 0 Å².